The van der Waals surface area contributed by atoms with Crippen LogP contribution in [0.1, 0.15) is 0 Å². The number of fused-ring (bicyclic) bond motifs is 3. The lowest BCUT2D eigenvalue weighted by atomic mass is 9.95. The van der Waals surface area contributed by atoms with Crippen molar-refractivity contribution in [3.05, 3.63) is 140 Å². The number of benzene rings is 6. The van der Waals surface area contributed by atoms with Crippen LogP contribution in [-0.4, -0.2) is 0 Å². The summed E-state index contributed by atoms with van der Waals surface area (Å²) in [6.45, 7) is 0. The van der Waals surface area contributed by atoms with Crippen LogP contribution in [0.15, 0.2) is 140 Å². The Morgan fingerprint density at radius 3 is 1.97 bits per heavy atom. The van der Waals surface area contributed by atoms with Gasteiger partial charge in [0.1, 0.15) is 5.75 Å². The predicted octanol–water partition coefficient (Wildman–Crippen LogP) is 9.75. The lowest BCUT2D eigenvalue weighted by molar-refractivity contribution is 0.490. The van der Waals surface area contributed by atoms with Crippen molar-refractivity contribution in [2.24, 2.45) is 0 Å². The fourth-order valence-corrected chi connectivity index (χ4v) is 5.22. The highest BCUT2D eigenvalue weighted by atomic mass is 16.5. The van der Waals surface area contributed by atoms with Crippen LogP contribution in [0.25, 0.3) is 33.0 Å². The molecule has 0 fully saturated rings. The largest absolute Gasteiger partial charge is 0.454 e. The SMILES string of the molecule is c1ccc(-c2cccc(N3c4ccccc4Oc4cccc5cccc(c45)-c4ccccc43)c2)cc1. The highest BCUT2D eigenvalue weighted by molar-refractivity contribution is 6.05. The Morgan fingerprint density at radius 1 is 0.444 bits per heavy atom. The molecule has 0 spiro atoms. The maximum Gasteiger partial charge on any atom is 0.151 e. The highest BCUT2D eigenvalue weighted by Crippen LogP contribution is 2.50. The summed E-state index contributed by atoms with van der Waals surface area (Å²) < 4.78 is 6.69. The molecule has 2 nitrogen and oxygen atoms in total. The van der Waals surface area contributed by atoms with Crippen LogP contribution >= 0.6 is 0 Å². The molecule has 36 heavy (non-hydrogen) atoms. The minimum Gasteiger partial charge on any atom is -0.454 e. The van der Waals surface area contributed by atoms with Crippen LogP contribution < -0.4 is 9.64 Å². The van der Waals surface area contributed by atoms with E-state index in [1.54, 1.807) is 0 Å². The van der Waals surface area contributed by atoms with Crippen molar-refractivity contribution in [1.82, 2.24) is 0 Å². The van der Waals surface area contributed by atoms with Crippen molar-refractivity contribution in [2.75, 3.05) is 4.90 Å². The molecule has 0 saturated carbocycles. The van der Waals surface area contributed by atoms with E-state index in [0.29, 0.717) is 0 Å². The molecule has 0 amide bonds. The van der Waals surface area contributed by atoms with Gasteiger partial charge in [-0.1, -0.05) is 103 Å². The van der Waals surface area contributed by atoms with Gasteiger partial charge in [0.05, 0.1) is 11.4 Å². The average Bonchev–Trinajstić information content (AvgIpc) is 2.99. The topological polar surface area (TPSA) is 12.5 Å². The van der Waals surface area contributed by atoms with E-state index >= 15 is 0 Å². The summed E-state index contributed by atoms with van der Waals surface area (Å²) >= 11 is 0. The van der Waals surface area contributed by atoms with E-state index in [1.165, 1.54) is 16.7 Å². The Bertz CT molecular complexity index is 1720. The van der Waals surface area contributed by atoms with Gasteiger partial charge in [-0.05, 0) is 58.5 Å². The lowest BCUT2D eigenvalue weighted by Crippen LogP contribution is -2.12. The summed E-state index contributed by atoms with van der Waals surface area (Å²) in [7, 11) is 0. The summed E-state index contributed by atoms with van der Waals surface area (Å²) in [6.07, 6.45) is 0. The molecule has 6 aromatic carbocycles. The van der Waals surface area contributed by atoms with Crippen molar-refractivity contribution in [3.8, 4) is 33.8 Å². The summed E-state index contributed by atoms with van der Waals surface area (Å²) in [4.78, 5) is 2.32. The molecule has 0 bridgehead atoms. The van der Waals surface area contributed by atoms with Crippen molar-refractivity contribution < 1.29 is 4.74 Å². The molecule has 1 heterocycles. The van der Waals surface area contributed by atoms with Gasteiger partial charge < -0.3 is 9.64 Å². The van der Waals surface area contributed by atoms with Crippen molar-refractivity contribution >= 4 is 27.8 Å². The Kier molecular flexibility index (Phi) is 4.82. The minimum absolute atomic E-state index is 0.821. The van der Waals surface area contributed by atoms with Gasteiger partial charge in [-0.2, -0.15) is 0 Å². The summed E-state index contributed by atoms with van der Waals surface area (Å²) in [5.74, 6) is 1.69. The van der Waals surface area contributed by atoms with Crippen LogP contribution in [0, 0.1) is 0 Å². The van der Waals surface area contributed by atoms with Gasteiger partial charge in [0.2, 0.25) is 0 Å². The third kappa shape index (κ3) is 3.35. The van der Waals surface area contributed by atoms with Gasteiger partial charge in [0, 0.05) is 16.6 Å². The first kappa shape index (κ1) is 20.5. The molecule has 2 heteroatoms. The Hall–Kier alpha value is -4.82. The van der Waals surface area contributed by atoms with Gasteiger partial charge >= 0.3 is 0 Å². The van der Waals surface area contributed by atoms with Crippen LogP contribution in [-0.2, 0) is 0 Å². The zero-order chi connectivity index (χ0) is 23.9. The molecule has 7 rings (SSSR count). The van der Waals surface area contributed by atoms with E-state index in [1.807, 2.05) is 6.07 Å². The molecule has 0 aliphatic carbocycles. The van der Waals surface area contributed by atoms with Crippen LogP contribution in [0.3, 0.4) is 0 Å². The first-order valence-electron chi connectivity index (χ1n) is 12.2. The molecule has 6 aromatic rings. The fourth-order valence-electron chi connectivity index (χ4n) is 5.22. The number of hydrogen-bond acceptors (Lipinski definition) is 2. The maximum atomic E-state index is 6.69. The molecular formula is C34H23NO. The van der Waals surface area contributed by atoms with Gasteiger partial charge in [-0.25, -0.2) is 0 Å². The van der Waals surface area contributed by atoms with Crippen molar-refractivity contribution in [1.29, 1.82) is 0 Å². The van der Waals surface area contributed by atoms with Crippen LogP contribution in [0.4, 0.5) is 17.1 Å². The smallest absolute Gasteiger partial charge is 0.151 e. The third-order valence-corrected chi connectivity index (χ3v) is 6.84. The van der Waals surface area contributed by atoms with E-state index in [4.69, 9.17) is 4.74 Å². The Labute approximate surface area is 210 Å². The summed E-state index contributed by atoms with van der Waals surface area (Å²) in [5, 5.41) is 2.29. The normalized spacial score (nSPS) is 12.1. The third-order valence-electron chi connectivity index (χ3n) is 6.84. The number of nitrogens with zero attached hydrogens (tertiary/aromatic N) is 1. The van der Waals surface area contributed by atoms with Crippen molar-refractivity contribution in [2.45, 2.75) is 0 Å². The van der Waals surface area contributed by atoms with Gasteiger partial charge in [0.25, 0.3) is 0 Å². The molecule has 1 aliphatic heterocycles. The van der Waals surface area contributed by atoms with E-state index in [-0.39, 0.29) is 0 Å². The van der Waals surface area contributed by atoms with E-state index in [0.717, 1.165) is 44.9 Å². The summed E-state index contributed by atoms with van der Waals surface area (Å²) in [6, 6.07) is 48.9. The molecule has 0 unspecified atom stereocenters. The van der Waals surface area contributed by atoms with Crippen molar-refractivity contribution in [3.63, 3.8) is 0 Å². The van der Waals surface area contributed by atoms with Gasteiger partial charge in [-0.3, -0.25) is 0 Å². The molecule has 0 atom stereocenters. The number of rotatable bonds is 2. The first-order chi connectivity index (χ1) is 17.9. The zero-order valence-corrected chi connectivity index (χ0v) is 19.6. The first-order valence-corrected chi connectivity index (χ1v) is 12.2. The van der Waals surface area contributed by atoms with Crippen LogP contribution in [0.5, 0.6) is 11.5 Å². The predicted molar refractivity (Wildman–Crippen MR) is 150 cm³/mol. The standard InChI is InChI=1S/C34H23NO/c1-2-11-24(12-3-1)26-15-8-16-27(23-26)35-30-19-5-4-17-28(30)29-18-9-13-25-14-10-22-33(34(25)29)36-32-21-7-6-20-31(32)35/h1-23H. The molecule has 0 saturated heterocycles. The van der Waals surface area contributed by atoms with E-state index in [2.05, 4.69) is 138 Å². The zero-order valence-electron chi connectivity index (χ0n) is 19.6. The number of hydrogen-bond donors (Lipinski definition) is 0. The minimum atomic E-state index is 0.821. The quantitative estimate of drug-likeness (QED) is 0.254. The Balaban J connectivity index is 1.55. The fraction of sp³-hybridized carbons (Fsp3) is 0. The molecule has 0 aromatic heterocycles. The number of anilines is 3. The second kappa shape index (κ2) is 8.44. The molecular weight excluding hydrogens is 438 g/mol. The molecule has 0 N–H and O–H groups in total. The second-order valence-corrected chi connectivity index (χ2v) is 9.00. The van der Waals surface area contributed by atoms with E-state index < -0.39 is 0 Å². The van der Waals surface area contributed by atoms with Crippen LogP contribution in [0.2, 0.25) is 0 Å². The lowest BCUT2D eigenvalue weighted by Gasteiger charge is -2.28. The Morgan fingerprint density at radius 2 is 1.08 bits per heavy atom. The number of ether oxygens (including phenoxy) is 1. The second-order valence-electron chi connectivity index (χ2n) is 9.00. The maximum absolute atomic E-state index is 6.69. The monoisotopic (exact) mass is 461 g/mol. The molecule has 1 aliphatic rings. The molecule has 0 radical (unpaired) electrons. The number of para-hydroxylation sites is 3. The van der Waals surface area contributed by atoms with Gasteiger partial charge in [-0.15, -0.1) is 0 Å². The summed E-state index contributed by atoms with van der Waals surface area (Å²) in [5.41, 5.74) is 7.89. The van der Waals surface area contributed by atoms with Gasteiger partial charge in [0.15, 0.2) is 5.75 Å². The molecule has 170 valence electrons. The average molecular weight is 462 g/mol. The van der Waals surface area contributed by atoms with E-state index in [9.17, 15) is 0 Å². The highest BCUT2D eigenvalue weighted by Gasteiger charge is 2.24.